The second-order valence-electron chi connectivity index (χ2n) is 6.93. The molecule has 156 valence electrons. The molecular weight excluding hydrogens is 455 g/mol. The van der Waals surface area contributed by atoms with Crippen LogP contribution in [0.1, 0.15) is 5.56 Å². The van der Waals surface area contributed by atoms with Crippen LogP contribution in [0.2, 0.25) is 5.02 Å². The van der Waals surface area contributed by atoms with Gasteiger partial charge in [0.2, 0.25) is 5.91 Å². The molecule has 0 aliphatic carbocycles. The highest BCUT2D eigenvalue weighted by atomic mass is 35.5. The number of fused-ring (bicyclic) bond motifs is 3. The highest BCUT2D eigenvalue weighted by molar-refractivity contribution is 7.19. The summed E-state index contributed by atoms with van der Waals surface area (Å²) in [6.07, 6.45) is 2.44. The summed E-state index contributed by atoms with van der Waals surface area (Å²) >= 11 is 13.6. The van der Waals surface area contributed by atoms with Crippen molar-refractivity contribution in [3.05, 3.63) is 65.4 Å². The molecule has 0 spiro atoms. The fourth-order valence-corrected chi connectivity index (χ4v) is 5.07. The van der Waals surface area contributed by atoms with Gasteiger partial charge in [0.1, 0.15) is 18.0 Å². The molecule has 1 amide bonds. The van der Waals surface area contributed by atoms with Gasteiger partial charge in [-0.15, -0.1) is 33.1 Å². The van der Waals surface area contributed by atoms with E-state index in [0.717, 1.165) is 39.0 Å². The quantitative estimate of drug-likeness (QED) is 0.403. The van der Waals surface area contributed by atoms with Gasteiger partial charge in [0.15, 0.2) is 5.82 Å². The molecule has 0 unspecified atom stereocenters. The van der Waals surface area contributed by atoms with E-state index < -0.39 is 0 Å². The van der Waals surface area contributed by atoms with Crippen molar-refractivity contribution in [3.63, 3.8) is 0 Å². The third-order valence-corrected chi connectivity index (χ3v) is 6.72. The summed E-state index contributed by atoms with van der Waals surface area (Å²) in [5.74, 6) is 1.11. The summed E-state index contributed by atoms with van der Waals surface area (Å²) in [4.78, 5) is 13.7. The summed E-state index contributed by atoms with van der Waals surface area (Å²) in [5.41, 5.74) is 3.65. The number of nitrogens with zero attached hydrogens (tertiary/aromatic N) is 3. The number of halogens is 2. The van der Waals surface area contributed by atoms with Crippen LogP contribution in [0.5, 0.6) is 5.75 Å². The van der Waals surface area contributed by atoms with Gasteiger partial charge < -0.3 is 10.1 Å². The lowest BCUT2D eigenvalue weighted by molar-refractivity contribution is -0.113. The topological polar surface area (TPSA) is 69.0 Å². The van der Waals surface area contributed by atoms with Gasteiger partial charge in [-0.1, -0.05) is 23.7 Å². The van der Waals surface area contributed by atoms with Crippen molar-refractivity contribution in [2.24, 2.45) is 0 Å². The summed E-state index contributed by atoms with van der Waals surface area (Å²) in [6.45, 7) is 0.542. The monoisotopic (exact) mass is 470 g/mol. The highest BCUT2D eigenvalue weighted by Gasteiger charge is 2.22. The number of thiophene rings is 1. The lowest BCUT2D eigenvalue weighted by atomic mass is 10.1. The van der Waals surface area contributed by atoms with Gasteiger partial charge in [-0.2, -0.15) is 0 Å². The smallest absolute Gasteiger partial charge is 0.239 e. The van der Waals surface area contributed by atoms with Crippen molar-refractivity contribution >= 4 is 46.1 Å². The van der Waals surface area contributed by atoms with Crippen LogP contribution in [-0.2, 0) is 11.2 Å². The Morgan fingerprint density at radius 2 is 2.10 bits per heavy atom. The van der Waals surface area contributed by atoms with Crippen molar-refractivity contribution in [1.82, 2.24) is 14.8 Å². The summed E-state index contributed by atoms with van der Waals surface area (Å²) < 4.78 is 7.85. The van der Waals surface area contributed by atoms with Gasteiger partial charge in [0, 0.05) is 28.6 Å². The van der Waals surface area contributed by atoms with E-state index in [1.807, 2.05) is 47.0 Å². The summed E-state index contributed by atoms with van der Waals surface area (Å²) in [5, 5.41) is 11.9. The zero-order valence-corrected chi connectivity index (χ0v) is 18.5. The minimum Gasteiger partial charge on any atom is -0.492 e. The Hall–Kier alpha value is -2.87. The predicted octanol–water partition coefficient (Wildman–Crippen LogP) is 5.43. The highest BCUT2D eigenvalue weighted by Crippen LogP contribution is 2.44. The number of hydrogen-bond donors (Lipinski definition) is 1. The maximum atomic E-state index is 11.6. The maximum Gasteiger partial charge on any atom is 0.239 e. The molecule has 0 saturated carbocycles. The van der Waals surface area contributed by atoms with Crippen LogP contribution in [0.15, 0.2) is 54.9 Å². The Labute approximate surface area is 192 Å². The zero-order valence-electron chi connectivity index (χ0n) is 16.1. The van der Waals surface area contributed by atoms with Gasteiger partial charge >= 0.3 is 0 Å². The molecule has 1 aliphatic heterocycles. The lowest BCUT2D eigenvalue weighted by Gasteiger charge is -2.10. The Kier molecular flexibility index (Phi) is 5.40. The van der Waals surface area contributed by atoms with Gasteiger partial charge in [-0.25, -0.2) is 0 Å². The van der Waals surface area contributed by atoms with Crippen LogP contribution in [0.25, 0.3) is 26.8 Å². The predicted molar refractivity (Wildman–Crippen MR) is 124 cm³/mol. The molecule has 0 radical (unpaired) electrons. The average molecular weight is 471 g/mol. The van der Waals surface area contributed by atoms with E-state index in [1.54, 1.807) is 17.7 Å². The van der Waals surface area contributed by atoms with Gasteiger partial charge in [-0.05, 0) is 35.9 Å². The molecule has 9 heteroatoms. The molecule has 1 aliphatic rings. The first kappa shape index (κ1) is 20.1. The van der Waals surface area contributed by atoms with E-state index in [2.05, 4.69) is 21.6 Å². The molecule has 3 heterocycles. The average Bonchev–Trinajstić information content (AvgIpc) is 3.38. The van der Waals surface area contributed by atoms with E-state index in [1.165, 1.54) is 5.56 Å². The number of alkyl halides is 1. The molecule has 0 bridgehead atoms. The number of nitrogens with one attached hydrogen (secondary N) is 1. The maximum absolute atomic E-state index is 11.6. The first-order valence-corrected chi connectivity index (χ1v) is 11.3. The van der Waals surface area contributed by atoms with Crippen LogP contribution < -0.4 is 10.1 Å². The molecular formula is C22H16Cl2N4O2S. The Balaban J connectivity index is 1.56. The number of para-hydroxylation sites is 1. The van der Waals surface area contributed by atoms with Crippen LogP contribution in [0.3, 0.4) is 0 Å². The van der Waals surface area contributed by atoms with Crippen LogP contribution in [0.4, 0.5) is 5.69 Å². The van der Waals surface area contributed by atoms with Crippen molar-refractivity contribution in [2.45, 2.75) is 6.42 Å². The van der Waals surface area contributed by atoms with Crippen molar-refractivity contribution in [2.75, 3.05) is 17.8 Å². The molecule has 2 aromatic heterocycles. The first-order valence-electron chi connectivity index (χ1n) is 9.55. The molecule has 0 saturated heterocycles. The number of rotatable bonds is 4. The Bertz CT molecular complexity index is 1280. The molecule has 2 aromatic carbocycles. The molecule has 1 N–H and O–H groups in total. The van der Waals surface area contributed by atoms with E-state index in [9.17, 15) is 4.79 Å². The molecule has 0 atom stereocenters. The molecule has 31 heavy (non-hydrogen) atoms. The number of anilines is 1. The number of benzene rings is 2. The summed E-state index contributed by atoms with van der Waals surface area (Å²) in [6, 6.07) is 15.4. The minimum absolute atomic E-state index is 0.0948. The minimum atomic E-state index is -0.256. The second-order valence-corrected chi connectivity index (χ2v) is 8.66. The van der Waals surface area contributed by atoms with E-state index >= 15 is 0 Å². The number of amides is 1. The zero-order chi connectivity index (χ0) is 21.4. The number of carbonyl (C=O) groups excluding carboxylic acids is 1. The van der Waals surface area contributed by atoms with E-state index in [0.29, 0.717) is 17.3 Å². The normalized spacial score (nSPS) is 12.5. The number of ether oxygens (including phenoxy) is 1. The third-order valence-electron chi connectivity index (χ3n) is 4.95. The van der Waals surface area contributed by atoms with Gasteiger partial charge in [-0.3, -0.25) is 9.36 Å². The number of aromatic nitrogens is 3. The Morgan fingerprint density at radius 3 is 2.94 bits per heavy atom. The van der Waals surface area contributed by atoms with E-state index in [4.69, 9.17) is 27.9 Å². The first-order chi connectivity index (χ1) is 15.1. The molecule has 5 rings (SSSR count). The fourth-order valence-electron chi connectivity index (χ4n) is 3.55. The van der Waals surface area contributed by atoms with Crippen LogP contribution >= 0.6 is 34.5 Å². The lowest BCUT2D eigenvalue weighted by Crippen LogP contribution is -2.12. The second kappa shape index (κ2) is 8.34. The van der Waals surface area contributed by atoms with Crippen LogP contribution in [-0.4, -0.2) is 33.2 Å². The standard InChI is InChI=1S/C22H16Cl2N4O2S/c23-11-20(29)26-14-5-6-15-18(10-14)30-8-7-13-9-19(31-21(13)15)22-27-25-12-28(22)17-4-2-1-3-16(17)24/h1-6,9-10,12H,7-8,11H2,(H,26,29). The van der Waals surface area contributed by atoms with Crippen molar-refractivity contribution < 1.29 is 9.53 Å². The third kappa shape index (κ3) is 3.80. The van der Waals surface area contributed by atoms with Gasteiger partial charge in [0.25, 0.3) is 0 Å². The molecule has 0 fully saturated rings. The summed E-state index contributed by atoms with van der Waals surface area (Å²) in [7, 11) is 0. The Morgan fingerprint density at radius 1 is 1.23 bits per heavy atom. The SMILES string of the molecule is O=C(CCl)Nc1ccc2c(c1)OCCc1cc(-c3nncn3-c3ccccc3Cl)sc1-2. The van der Waals surface area contributed by atoms with E-state index in [-0.39, 0.29) is 11.8 Å². The van der Waals surface area contributed by atoms with Crippen molar-refractivity contribution in [3.8, 4) is 32.6 Å². The molecule has 6 nitrogen and oxygen atoms in total. The number of carbonyl (C=O) groups is 1. The van der Waals surface area contributed by atoms with Crippen molar-refractivity contribution in [1.29, 1.82) is 0 Å². The molecule has 4 aromatic rings. The largest absolute Gasteiger partial charge is 0.492 e. The number of hydrogen-bond acceptors (Lipinski definition) is 5. The van der Waals surface area contributed by atoms with Gasteiger partial charge in [0.05, 0.1) is 22.2 Å². The van der Waals surface area contributed by atoms with Crippen LogP contribution in [0, 0.1) is 0 Å². The fraction of sp³-hybridized carbons (Fsp3) is 0.136.